The molecule has 1 N–H and O–H groups in total. The van der Waals surface area contributed by atoms with E-state index in [1.54, 1.807) is 7.05 Å². The number of carbonyl (C=O) groups excluding carboxylic acids is 2. The lowest BCUT2D eigenvalue weighted by Gasteiger charge is -2.40. The first-order chi connectivity index (χ1) is 15.5. The van der Waals surface area contributed by atoms with E-state index in [1.807, 2.05) is 41.3 Å². The molecular formula is C28H30N2O2. The summed E-state index contributed by atoms with van der Waals surface area (Å²) >= 11 is 0. The molecule has 0 spiro atoms. The molecule has 0 saturated carbocycles. The van der Waals surface area contributed by atoms with Gasteiger partial charge >= 0.3 is 0 Å². The molecule has 0 bridgehead atoms. The molecule has 164 valence electrons. The quantitative estimate of drug-likeness (QED) is 0.633. The average Bonchev–Trinajstić information content (AvgIpc) is 2.84. The fourth-order valence-corrected chi connectivity index (χ4v) is 4.79. The van der Waals surface area contributed by atoms with Gasteiger partial charge in [-0.05, 0) is 60.6 Å². The Kier molecular flexibility index (Phi) is 6.40. The zero-order valence-electron chi connectivity index (χ0n) is 18.8. The van der Waals surface area contributed by atoms with Crippen LogP contribution in [-0.4, -0.2) is 36.9 Å². The Hall–Kier alpha value is -3.40. The van der Waals surface area contributed by atoms with Crippen LogP contribution >= 0.6 is 0 Å². The zero-order chi connectivity index (χ0) is 22.6. The standard InChI is InChI=1S/C28H30N2O2/c1-21-9-6-7-14-25(21)24-13-8-10-22(19-24)20-28(27(32)29-2)15-17-30(18-16-28)26(31)23-11-4-3-5-12-23/h3-14,19H,15-18,20H2,1-2H3,(H,29,32). The predicted molar refractivity (Wildman–Crippen MR) is 128 cm³/mol. The van der Waals surface area contributed by atoms with Crippen LogP contribution in [0.5, 0.6) is 0 Å². The fourth-order valence-electron chi connectivity index (χ4n) is 4.79. The van der Waals surface area contributed by atoms with Crippen molar-refractivity contribution in [3.8, 4) is 11.1 Å². The topological polar surface area (TPSA) is 49.4 Å². The summed E-state index contributed by atoms with van der Waals surface area (Å²) in [5, 5.41) is 2.88. The summed E-state index contributed by atoms with van der Waals surface area (Å²) in [5.74, 6) is 0.100. The number of amides is 2. The van der Waals surface area contributed by atoms with Crippen LogP contribution in [0.2, 0.25) is 0 Å². The van der Waals surface area contributed by atoms with Crippen molar-refractivity contribution in [1.29, 1.82) is 0 Å². The van der Waals surface area contributed by atoms with Crippen LogP contribution in [-0.2, 0) is 11.2 Å². The maximum Gasteiger partial charge on any atom is 0.253 e. The third-order valence-electron chi connectivity index (χ3n) is 6.66. The number of likely N-dealkylation sites (tertiary alicyclic amines) is 1. The highest BCUT2D eigenvalue weighted by atomic mass is 16.2. The molecule has 0 aromatic heterocycles. The molecule has 4 heteroatoms. The van der Waals surface area contributed by atoms with E-state index in [0.29, 0.717) is 37.9 Å². The molecule has 1 saturated heterocycles. The largest absolute Gasteiger partial charge is 0.359 e. The lowest BCUT2D eigenvalue weighted by Crippen LogP contribution is -2.50. The van der Waals surface area contributed by atoms with E-state index in [1.165, 1.54) is 16.7 Å². The normalized spacial score (nSPS) is 15.2. The van der Waals surface area contributed by atoms with E-state index in [-0.39, 0.29) is 11.8 Å². The number of rotatable bonds is 5. The van der Waals surface area contributed by atoms with Crippen LogP contribution in [0.15, 0.2) is 78.9 Å². The highest BCUT2D eigenvalue weighted by Crippen LogP contribution is 2.37. The van der Waals surface area contributed by atoms with Gasteiger partial charge in [-0.1, -0.05) is 66.7 Å². The van der Waals surface area contributed by atoms with Crippen LogP contribution in [0, 0.1) is 12.3 Å². The van der Waals surface area contributed by atoms with E-state index in [0.717, 1.165) is 5.56 Å². The molecule has 32 heavy (non-hydrogen) atoms. The number of nitrogens with zero attached hydrogens (tertiary/aromatic N) is 1. The monoisotopic (exact) mass is 426 g/mol. The Morgan fingerprint density at radius 2 is 1.59 bits per heavy atom. The van der Waals surface area contributed by atoms with Gasteiger partial charge in [0.1, 0.15) is 0 Å². The summed E-state index contributed by atoms with van der Waals surface area (Å²) < 4.78 is 0. The van der Waals surface area contributed by atoms with Crippen molar-refractivity contribution in [2.45, 2.75) is 26.2 Å². The molecule has 1 aliphatic heterocycles. The minimum Gasteiger partial charge on any atom is -0.359 e. The van der Waals surface area contributed by atoms with Gasteiger partial charge in [0.05, 0.1) is 5.41 Å². The first-order valence-corrected chi connectivity index (χ1v) is 11.2. The molecule has 4 nitrogen and oxygen atoms in total. The maximum absolute atomic E-state index is 13.0. The van der Waals surface area contributed by atoms with Gasteiger partial charge in [0.25, 0.3) is 5.91 Å². The van der Waals surface area contributed by atoms with Crippen LogP contribution in [0.4, 0.5) is 0 Å². The van der Waals surface area contributed by atoms with Crippen molar-refractivity contribution >= 4 is 11.8 Å². The smallest absolute Gasteiger partial charge is 0.253 e. The number of benzene rings is 3. The fraction of sp³-hybridized carbons (Fsp3) is 0.286. The second-order valence-electron chi connectivity index (χ2n) is 8.71. The summed E-state index contributed by atoms with van der Waals surface area (Å²) in [7, 11) is 1.70. The number of hydrogen-bond acceptors (Lipinski definition) is 2. The van der Waals surface area contributed by atoms with Gasteiger partial charge < -0.3 is 10.2 Å². The van der Waals surface area contributed by atoms with Gasteiger partial charge in [0.2, 0.25) is 5.91 Å². The molecule has 3 aromatic rings. The van der Waals surface area contributed by atoms with Crippen molar-refractivity contribution < 1.29 is 9.59 Å². The Morgan fingerprint density at radius 1 is 0.906 bits per heavy atom. The van der Waals surface area contributed by atoms with Gasteiger partial charge in [0.15, 0.2) is 0 Å². The van der Waals surface area contributed by atoms with Gasteiger partial charge in [-0.15, -0.1) is 0 Å². The molecule has 0 unspecified atom stereocenters. The third kappa shape index (κ3) is 4.45. The zero-order valence-corrected chi connectivity index (χ0v) is 18.8. The van der Waals surface area contributed by atoms with Gasteiger partial charge in [0, 0.05) is 25.7 Å². The van der Waals surface area contributed by atoms with E-state index in [9.17, 15) is 9.59 Å². The Balaban J connectivity index is 1.54. The Labute approximate surface area is 190 Å². The molecular weight excluding hydrogens is 396 g/mol. The van der Waals surface area contributed by atoms with Crippen LogP contribution in [0.1, 0.15) is 34.3 Å². The SMILES string of the molecule is CNC(=O)C1(Cc2cccc(-c3ccccc3C)c2)CCN(C(=O)c2ccccc2)CC1. The van der Waals surface area contributed by atoms with Crippen molar-refractivity contribution in [1.82, 2.24) is 10.2 Å². The highest BCUT2D eigenvalue weighted by Gasteiger charge is 2.42. The summed E-state index contributed by atoms with van der Waals surface area (Å²) in [6.45, 7) is 3.28. The number of piperidine rings is 1. The number of aryl methyl sites for hydroxylation is 1. The minimum atomic E-state index is -0.507. The Morgan fingerprint density at radius 3 is 2.28 bits per heavy atom. The van der Waals surface area contributed by atoms with Crippen LogP contribution in [0.25, 0.3) is 11.1 Å². The first kappa shape index (κ1) is 21.8. The summed E-state index contributed by atoms with van der Waals surface area (Å²) in [6, 6.07) is 26.2. The average molecular weight is 427 g/mol. The van der Waals surface area contributed by atoms with Crippen molar-refractivity contribution in [2.24, 2.45) is 5.41 Å². The summed E-state index contributed by atoms with van der Waals surface area (Å²) in [6.07, 6.45) is 1.97. The molecule has 2 amide bonds. The number of nitrogens with one attached hydrogen (secondary N) is 1. The molecule has 4 rings (SSSR count). The predicted octanol–water partition coefficient (Wildman–Crippen LogP) is 4.87. The third-order valence-corrected chi connectivity index (χ3v) is 6.66. The molecule has 0 radical (unpaired) electrons. The number of hydrogen-bond donors (Lipinski definition) is 1. The van der Waals surface area contributed by atoms with Crippen LogP contribution in [0.3, 0.4) is 0 Å². The highest BCUT2D eigenvalue weighted by molar-refractivity contribution is 5.94. The van der Waals surface area contributed by atoms with Gasteiger partial charge in [-0.2, -0.15) is 0 Å². The summed E-state index contributed by atoms with van der Waals surface area (Å²) in [5.41, 5.74) is 4.96. The maximum atomic E-state index is 13.0. The second kappa shape index (κ2) is 9.39. The van der Waals surface area contributed by atoms with Crippen molar-refractivity contribution in [3.63, 3.8) is 0 Å². The van der Waals surface area contributed by atoms with E-state index in [4.69, 9.17) is 0 Å². The number of carbonyl (C=O) groups is 2. The first-order valence-electron chi connectivity index (χ1n) is 11.2. The molecule has 1 fully saturated rings. The van der Waals surface area contributed by atoms with Crippen LogP contribution < -0.4 is 5.32 Å². The molecule has 3 aromatic carbocycles. The van der Waals surface area contributed by atoms with E-state index >= 15 is 0 Å². The van der Waals surface area contributed by atoms with Gasteiger partial charge in [-0.25, -0.2) is 0 Å². The van der Waals surface area contributed by atoms with Crippen molar-refractivity contribution in [2.75, 3.05) is 20.1 Å². The molecule has 0 aliphatic carbocycles. The molecule has 1 heterocycles. The van der Waals surface area contributed by atoms with Gasteiger partial charge in [-0.3, -0.25) is 9.59 Å². The Bertz CT molecular complexity index is 1100. The van der Waals surface area contributed by atoms with Crippen molar-refractivity contribution in [3.05, 3.63) is 95.6 Å². The molecule has 1 aliphatic rings. The van der Waals surface area contributed by atoms with E-state index in [2.05, 4.69) is 54.7 Å². The lowest BCUT2D eigenvalue weighted by molar-refractivity contribution is -0.133. The van der Waals surface area contributed by atoms with E-state index < -0.39 is 5.41 Å². The minimum absolute atomic E-state index is 0.0395. The lowest BCUT2D eigenvalue weighted by atomic mass is 9.72. The molecule has 0 atom stereocenters. The summed E-state index contributed by atoms with van der Waals surface area (Å²) in [4.78, 5) is 27.8. The second-order valence-corrected chi connectivity index (χ2v) is 8.71.